The van der Waals surface area contributed by atoms with Gasteiger partial charge in [0.15, 0.2) is 0 Å². The van der Waals surface area contributed by atoms with Gasteiger partial charge in [0.1, 0.15) is 20.5 Å². The van der Waals surface area contributed by atoms with E-state index in [1.807, 2.05) is 47.4 Å². The lowest BCUT2D eigenvalue weighted by molar-refractivity contribution is 0.0661. The van der Waals surface area contributed by atoms with Gasteiger partial charge in [0.25, 0.3) is 0 Å². The molecule has 1 aromatic heterocycles. The number of benzene rings is 2. The summed E-state index contributed by atoms with van der Waals surface area (Å²) >= 11 is 0. The van der Waals surface area contributed by atoms with Crippen molar-refractivity contribution in [3.8, 4) is 11.5 Å². The number of H-pyrrole nitrogens is 1. The molecule has 1 fully saturated rings. The summed E-state index contributed by atoms with van der Waals surface area (Å²) in [7, 11) is -1.43. The number of hydrogen-bond acceptors (Lipinski definition) is 3. The highest BCUT2D eigenvalue weighted by molar-refractivity contribution is 6.83. The molecular formula is C25H29N3O2Si. The second-order valence-electron chi connectivity index (χ2n) is 9.10. The Hall–Kier alpha value is -3.04. The summed E-state index contributed by atoms with van der Waals surface area (Å²) in [4.78, 5) is 22.9. The normalized spacial score (nSPS) is 16.6. The average molecular weight is 432 g/mol. The van der Waals surface area contributed by atoms with Gasteiger partial charge in [0.2, 0.25) is 0 Å². The highest BCUT2D eigenvalue weighted by atomic mass is 28.3. The first kappa shape index (κ1) is 21.2. The van der Waals surface area contributed by atoms with Gasteiger partial charge in [0.05, 0.1) is 17.1 Å². The number of amides is 1. The van der Waals surface area contributed by atoms with Crippen molar-refractivity contribution in [3.05, 3.63) is 65.5 Å². The van der Waals surface area contributed by atoms with Crippen LogP contribution in [0.5, 0.6) is 0 Å². The molecule has 3 aromatic rings. The largest absolute Gasteiger partial charge is 0.445 e. The van der Waals surface area contributed by atoms with Crippen LogP contribution in [-0.2, 0) is 11.3 Å². The molecule has 160 valence electrons. The Morgan fingerprint density at radius 2 is 2.00 bits per heavy atom. The lowest BCUT2D eigenvalue weighted by Crippen LogP contribution is -2.39. The van der Waals surface area contributed by atoms with E-state index in [1.165, 1.54) is 0 Å². The number of carbonyl (C=O) groups is 1. The van der Waals surface area contributed by atoms with Gasteiger partial charge in [-0.05, 0) is 43.0 Å². The number of rotatable bonds is 3. The number of imidazole rings is 1. The summed E-state index contributed by atoms with van der Waals surface area (Å²) in [5.74, 6) is 4.13. The van der Waals surface area contributed by atoms with Crippen LogP contribution in [0.25, 0.3) is 11.0 Å². The van der Waals surface area contributed by atoms with Crippen LogP contribution < -0.4 is 0 Å². The number of ether oxygens (including phenoxy) is 1. The Balaban J connectivity index is 1.53. The van der Waals surface area contributed by atoms with E-state index >= 15 is 0 Å². The third kappa shape index (κ3) is 5.36. The molecule has 0 aliphatic carbocycles. The van der Waals surface area contributed by atoms with Crippen molar-refractivity contribution in [1.29, 1.82) is 0 Å². The number of piperidine rings is 1. The van der Waals surface area contributed by atoms with Crippen molar-refractivity contribution in [2.75, 3.05) is 6.54 Å². The van der Waals surface area contributed by atoms with Crippen molar-refractivity contribution in [2.24, 2.45) is 0 Å². The Morgan fingerprint density at radius 3 is 2.77 bits per heavy atom. The second kappa shape index (κ2) is 8.99. The monoisotopic (exact) mass is 431 g/mol. The zero-order chi connectivity index (χ0) is 21.8. The number of aromatic amines is 1. The molecule has 1 saturated heterocycles. The lowest BCUT2D eigenvalue weighted by atomic mass is 10.0. The fourth-order valence-electron chi connectivity index (χ4n) is 3.76. The van der Waals surface area contributed by atoms with E-state index in [0.717, 1.165) is 47.2 Å². The molecule has 31 heavy (non-hydrogen) atoms. The Morgan fingerprint density at radius 1 is 1.19 bits per heavy atom. The fourth-order valence-corrected chi connectivity index (χ4v) is 4.28. The highest BCUT2D eigenvalue weighted by Crippen LogP contribution is 2.31. The summed E-state index contributed by atoms with van der Waals surface area (Å²) in [6.45, 7) is 7.68. The standard InChI is InChI=1S/C25H29N3O2Si/c1-31(2,3)16-14-19-12-13-21-22(17-19)27-24(26-21)23-11-7-8-15-28(23)25(29)30-18-20-9-5-4-6-10-20/h4-6,9-10,12-13,17,23H,7-8,11,15,18H2,1-3H3,(H,26,27). The van der Waals surface area contributed by atoms with Crippen LogP contribution in [0.1, 0.15) is 42.3 Å². The predicted molar refractivity (Wildman–Crippen MR) is 126 cm³/mol. The molecule has 5 nitrogen and oxygen atoms in total. The molecule has 1 aliphatic heterocycles. The van der Waals surface area contributed by atoms with Gasteiger partial charge in [-0.1, -0.05) is 55.9 Å². The summed E-state index contributed by atoms with van der Waals surface area (Å²) in [6, 6.07) is 15.8. The van der Waals surface area contributed by atoms with E-state index in [4.69, 9.17) is 9.72 Å². The van der Waals surface area contributed by atoms with Crippen LogP contribution in [0, 0.1) is 11.5 Å². The molecule has 2 aromatic carbocycles. The Labute approximate surface area is 184 Å². The number of hydrogen-bond donors (Lipinski definition) is 1. The predicted octanol–water partition coefficient (Wildman–Crippen LogP) is 5.66. The number of likely N-dealkylation sites (tertiary alicyclic amines) is 1. The third-order valence-electron chi connectivity index (χ3n) is 5.34. The molecule has 0 radical (unpaired) electrons. The van der Waals surface area contributed by atoms with Crippen molar-refractivity contribution in [1.82, 2.24) is 14.9 Å². The molecule has 0 spiro atoms. The second-order valence-corrected chi connectivity index (χ2v) is 13.8. The summed E-state index contributed by atoms with van der Waals surface area (Å²) in [5, 5.41) is 0. The Bertz CT molecular complexity index is 1120. The Kier molecular flexibility index (Phi) is 6.15. The van der Waals surface area contributed by atoms with Crippen LogP contribution in [0.4, 0.5) is 4.79 Å². The third-order valence-corrected chi connectivity index (χ3v) is 6.22. The SMILES string of the molecule is C[Si](C)(C)C#Cc1ccc2nc(C3CCCCN3C(=O)OCc3ccccc3)[nH]c2c1. The number of fused-ring (bicyclic) bond motifs is 1. The van der Waals surface area contributed by atoms with Gasteiger partial charge >= 0.3 is 6.09 Å². The van der Waals surface area contributed by atoms with Crippen molar-refractivity contribution >= 4 is 25.2 Å². The van der Waals surface area contributed by atoms with Crippen molar-refractivity contribution < 1.29 is 9.53 Å². The first-order valence-electron chi connectivity index (χ1n) is 10.9. The molecule has 1 amide bonds. The number of aromatic nitrogens is 2. The zero-order valence-electron chi connectivity index (χ0n) is 18.4. The maximum atomic E-state index is 12.9. The number of nitrogens with zero attached hydrogens (tertiary/aromatic N) is 2. The van der Waals surface area contributed by atoms with Gasteiger partial charge in [-0.2, -0.15) is 0 Å². The minimum atomic E-state index is -1.43. The molecule has 2 heterocycles. The van der Waals surface area contributed by atoms with Crippen LogP contribution in [0.2, 0.25) is 19.6 Å². The topological polar surface area (TPSA) is 58.2 Å². The molecular weight excluding hydrogens is 402 g/mol. The number of carbonyl (C=O) groups excluding carboxylic acids is 1. The molecule has 0 saturated carbocycles. The maximum absolute atomic E-state index is 12.9. The van der Waals surface area contributed by atoms with Crippen LogP contribution in [0.3, 0.4) is 0 Å². The van der Waals surface area contributed by atoms with E-state index in [2.05, 4.69) is 42.2 Å². The van der Waals surface area contributed by atoms with Gasteiger partial charge in [0, 0.05) is 12.1 Å². The maximum Gasteiger partial charge on any atom is 0.410 e. The van der Waals surface area contributed by atoms with Gasteiger partial charge in [-0.3, -0.25) is 4.90 Å². The highest BCUT2D eigenvalue weighted by Gasteiger charge is 2.31. The average Bonchev–Trinajstić information content (AvgIpc) is 3.19. The minimum Gasteiger partial charge on any atom is -0.445 e. The van der Waals surface area contributed by atoms with E-state index in [1.54, 1.807) is 0 Å². The van der Waals surface area contributed by atoms with Gasteiger partial charge in [-0.15, -0.1) is 5.54 Å². The summed E-state index contributed by atoms with van der Waals surface area (Å²) in [6.07, 6.45) is 2.64. The summed E-state index contributed by atoms with van der Waals surface area (Å²) < 4.78 is 5.61. The molecule has 0 bridgehead atoms. The molecule has 6 heteroatoms. The summed E-state index contributed by atoms with van der Waals surface area (Å²) in [5.41, 5.74) is 7.25. The minimum absolute atomic E-state index is 0.0964. The first-order valence-corrected chi connectivity index (χ1v) is 14.4. The lowest BCUT2D eigenvalue weighted by Gasteiger charge is -2.33. The van der Waals surface area contributed by atoms with Gasteiger partial charge < -0.3 is 9.72 Å². The van der Waals surface area contributed by atoms with E-state index in [-0.39, 0.29) is 18.7 Å². The van der Waals surface area contributed by atoms with E-state index in [0.29, 0.717) is 6.54 Å². The zero-order valence-corrected chi connectivity index (χ0v) is 19.4. The van der Waals surface area contributed by atoms with E-state index < -0.39 is 8.07 Å². The number of nitrogens with one attached hydrogen (secondary N) is 1. The molecule has 1 unspecified atom stereocenters. The first-order chi connectivity index (χ1) is 14.9. The van der Waals surface area contributed by atoms with Crippen molar-refractivity contribution in [3.63, 3.8) is 0 Å². The fraction of sp³-hybridized carbons (Fsp3) is 0.360. The molecule has 1 aliphatic rings. The van der Waals surface area contributed by atoms with Gasteiger partial charge in [-0.25, -0.2) is 9.78 Å². The quantitative estimate of drug-likeness (QED) is 0.430. The van der Waals surface area contributed by atoms with Crippen LogP contribution >= 0.6 is 0 Å². The molecule has 1 atom stereocenters. The van der Waals surface area contributed by atoms with Crippen LogP contribution in [-0.4, -0.2) is 35.6 Å². The van der Waals surface area contributed by atoms with Crippen LogP contribution in [0.15, 0.2) is 48.5 Å². The smallest absolute Gasteiger partial charge is 0.410 e. The van der Waals surface area contributed by atoms with Crippen molar-refractivity contribution in [2.45, 2.75) is 51.6 Å². The molecule has 1 N–H and O–H groups in total. The molecule has 4 rings (SSSR count). The van der Waals surface area contributed by atoms with E-state index in [9.17, 15) is 4.79 Å².